The van der Waals surface area contributed by atoms with Crippen LogP contribution in [-0.2, 0) is 0 Å². The van der Waals surface area contributed by atoms with Crippen LogP contribution >= 0.6 is 0 Å². The molecule has 8 nitrogen and oxygen atoms in total. The number of nitrogens with zero attached hydrogens (tertiary/aromatic N) is 6. The minimum Gasteiger partial charge on any atom is -0.489 e. The van der Waals surface area contributed by atoms with Crippen LogP contribution in [0.2, 0.25) is 0 Å². The van der Waals surface area contributed by atoms with Gasteiger partial charge in [-0.05, 0) is 73.3 Å². The summed E-state index contributed by atoms with van der Waals surface area (Å²) in [5.41, 5.74) is 10.4. The molecule has 2 aromatic carbocycles. The monoisotopic (exact) mass is 465 g/mol. The molecule has 176 valence electrons. The van der Waals surface area contributed by atoms with Crippen molar-refractivity contribution in [3.63, 3.8) is 0 Å². The summed E-state index contributed by atoms with van der Waals surface area (Å²) in [5.74, 6) is -2.14. The van der Waals surface area contributed by atoms with Gasteiger partial charge in [0, 0.05) is 18.3 Å². The number of aryl methyl sites for hydroxylation is 1. The lowest BCUT2D eigenvalue weighted by Gasteiger charge is -2.14. The quantitative estimate of drug-likeness (QED) is 0.443. The molecule has 0 saturated heterocycles. The number of pyridine rings is 1. The summed E-state index contributed by atoms with van der Waals surface area (Å²) in [7, 11) is 3.72. The van der Waals surface area contributed by atoms with Gasteiger partial charge in [-0.2, -0.15) is 9.07 Å². The maximum absolute atomic E-state index is 15.0. The number of rotatable bonds is 7. The Morgan fingerprint density at radius 1 is 1.06 bits per heavy atom. The lowest BCUT2D eigenvalue weighted by Crippen LogP contribution is -2.20. The van der Waals surface area contributed by atoms with E-state index < -0.39 is 11.6 Å². The fourth-order valence-electron chi connectivity index (χ4n) is 3.52. The molecule has 0 atom stereocenters. The molecule has 2 heterocycles. The van der Waals surface area contributed by atoms with Gasteiger partial charge in [-0.3, -0.25) is 0 Å². The Morgan fingerprint density at radius 2 is 1.85 bits per heavy atom. The van der Waals surface area contributed by atoms with Crippen LogP contribution in [0.5, 0.6) is 5.75 Å². The van der Waals surface area contributed by atoms with Crippen LogP contribution in [0.25, 0.3) is 28.2 Å². The molecule has 0 unspecified atom stereocenters. The van der Waals surface area contributed by atoms with Crippen LogP contribution in [0.1, 0.15) is 11.1 Å². The van der Waals surface area contributed by atoms with Crippen molar-refractivity contribution in [1.29, 1.82) is 0 Å². The van der Waals surface area contributed by atoms with Crippen LogP contribution in [0.3, 0.4) is 0 Å². The Kier molecular flexibility index (Phi) is 6.51. The van der Waals surface area contributed by atoms with Gasteiger partial charge in [0.1, 0.15) is 18.1 Å². The Hall–Kier alpha value is -3.92. The van der Waals surface area contributed by atoms with Crippen molar-refractivity contribution in [2.24, 2.45) is 0 Å². The predicted octanol–water partition coefficient (Wildman–Crippen LogP) is 3.81. The van der Waals surface area contributed by atoms with E-state index in [4.69, 9.17) is 10.5 Å². The fraction of sp³-hybridized carbons (Fsp3) is 0.250. The second-order valence-corrected chi connectivity index (χ2v) is 8.18. The second-order valence-electron chi connectivity index (χ2n) is 8.18. The Bertz CT molecular complexity index is 1340. The average Bonchev–Trinajstić information content (AvgIpc) is 3.28. The molecule has 0 saturated carbocycles. The number of ether oxygens (including phenoxy) is 1. The topological polar surface area (TPSA) is 95.0 Å². The van der Waals surface area contributed by atoms with E-state index in [0.29, 0.717) is 12.1 Å². The third-order valence-corrected chi connectivity index (χ3v) is 5.60. The lowest BCUT2D eigenvalue weighted by atomic mass is 9.97. The zero-order chi connectivity index (χ0) is 24.4. The van der Waals surface area contributed by atoms with Crippen molar-refractivity contribution in [1.82, 2.24) is 30.1 Å². The van der Waals surface area contributed by atoms with Gasteiger partial charge in [0.05, 0.1) is 5.56 Å². The van der Waals surface area contributed by atoms with E-state index in [1.165, 1.54) is 12.1 Å². The van der Waals surface area contributed by atoms with Crippen molar-refractivity contribution in [2.45, 2.75) is 13.8 Å². The van der Waals surface area contributed by atoms with Crippen molar-refractivity contribution in [2.75, 3.05) is 33.0 Å². The molecule has 0 aliphatic carbocycles. The Morgan fingerprint density at radius 3 is 2.62 bits per heavy atom. The largest absolute Gasteiger partial charge is 0.489 e. The van der Waals surface area contributed by atoms with Crippen molar-refractivity contribution >= 4 is 5.82 Å². The van der Waals surface area contributed by atoms with Crippen LogP contribution in [-0.4, -0.2) is 57.3 Å². The van der Waals surface area contributed by atoms with Crippen LogP contribution < -0.4 is 10.5 Å². The smallest absolute Gasteiger partial charge is 0.202 e. The number of likely N-dealkylation sites (N-methyl/N-ethyl adjacent to an activating group) is 1. The number of hydrogen-bond acceptors (Lipinski definition) is 7. The van der Waals surface area contributed by atoms with Crippen molar-refractivity contribution in [3.8, 4) is 34.0 Å². The third-order valence-electron chi connectivity index (χ3n) is 5.60. The Labute approximate surface area is 196 Å². The van der Waals surface area contributed by atoms with Gasteiger partial charge >= 0.3 is 0 Å². The summed E-state index contributed by atoms with van der Waals surface area (Å²) in [6.07, 6.45) is 1.66. The first kappa shape index (κ1) is 23.2. The highest BCUT2D eigenvalue weighted by Crippen LogP contribution is 2.33. The molecule has 0 amide bonds. The molecular formula is C24H25F2N7O. The molecule has 2 N–H and O–H groups in total. The zero-order valence-electron chi connectivity index (χ0n) is 19.4. The van der Waals surface area contributed by atoms with Gasteiger partial charge in [-0.25, -0.2) is 9.37 Å². The van der Waals surface area contributed by atoms with Crippen LogP contribution in [0, 0.1) is 25.5 Å². The third kappa shape index (κ3) is 4.44. The predicted molar refractivity (Wildman–Crippen MR) is 126 cm³/mol. The molecule has 4 rings (SSSR count). The van der Waals surface area contributed by atoms with E-state index >= 15 is 4.39 Å². The molecule has 0 bridgehead atoms. The average molecular weight is 466 g/mol. The number of hydrogen-bond donors (Lipinski definition) is 1. The number of nitrogens with two attached hydrogens (primary N) is 1. The van der Waals surface area contributed by atoms with Crippen LogP contribution in [0.4, 0.5) is 14.6 Å². The number of tetrazole rings is 1. The number of nitrogen functional groups attached to an aromatic ring is 1. The second kappa shape index (κ2) is 9.52. The summed E-state index contributed by atoms with van der Waals surface area (Å²) in [6.45, 7) is 4.82. The van der Waals surface area contributed by atoms with Crippen molar-refractivity contribution < 1.29 is 13.5 Å². The minimum atomic E-state index is -1.13. The summed E-state index contributed by atoms with van der Waals surface area (Å²) in [5, 5.41) is 11.6. The van der Waals surface area contributed by atoms with Gasteiger partial charge in [0.2, 0.25) is 5.82 Å². The summed E-state index contributed by atoms with van der Waals surface area (Å²) < 4.78 is 36.2. The molecule has 10 heteroatoms. The Balaban J connectivity index is 1.74. The molecule has 0 radical (unpaired) electrons. The van der Waals surface area contributed by atoms with Gasteiger partial charge in [-0.1, -0.05) is 18.2 Å². The first-order valence-corrected chi connectivity index (χ1v) is 10.6. The number of benzene rings is 2. The lowest BCUT2D eigenvalue weighted by molar-refractivity contribution is 0.249. The first-order chi connectivity index (χ1) is 16.3. The summed E-state index contributed by atoms with van der Waals surface area (Å²) in [4.78, 5) is 6.17. The van der Waals surface area contributed by atoms with E-state index in [1.54, 1.807) is 12.3 Å². The fourth-order valence-corrected chi connectivity index (χ4v) is 3.52. The van der Waals surface area contributed by atoms with E-state index in [9.17, 15) is 4.39 Å². The van der Waals surface area contributed by atoms with Crippen LogP contribution in [0.15, 0.2) is 42.6 Å². The molecule has 2 aromatic heterocycles. The van der Waals surface area contributed by atoms with Gasteiger partial charge < -0.3 is 15.4 Å². The van der Waals surface area contributed by atoms with E-state index in [1.807, 2.05) is 51.0 Å². The summed E-state index contributed by atoms with van der Waals surface area (Å²) >= 11 is 0. The molecule has 0 aliphatic heterocycles. The zero-order valence-corrected chi connectivity index (χ0v) is 19.4. The van der Waals surface area contributed by atoms with E-state index in [2.05, 4.69) is 20.5 Å². The minimum absolute atomic E-state index is 0.136. The van der Waals surface area contributed by atoms with Gasteiger partial charge in [0.15, 0.2) is 17.4 Å². The molecule has 34 heavy (non-hydrogen) atoms. The van der Waals surface area contributed by atoms with Gasteiger partial charge in [-0.15, -0.1) is 5.10 Å². The number of halogens is 2. The van der Waals surface area contributed by atoms with Crippen molar-refractivity contribution in [3.05, 3.63) is 65.4 Å². The number of aromatic nitrogens is 5. The molecule has 0 fully saturated rings. The summed E-state index contributed by atoms with van der Waals surface area (Å²) in [6, 6.07) is 10.5. The molecule has 0 spiro atoms. The number of anilines is 1. The molecular weight excluding hydrogens is 440 g/mol. The molecule has 0 aliphatic rings. The highest BCUT2D eigenvalue weighted by molar-refractivity contribution is 5.78. The highest BCUT2D eigenvalue weighted by Gasteiger charge is 2.22. The maximum Gasteiger partial charge on any atom is 0.202 e. The SMILES string of the molecule is Cc1cccc(-c2cnc(N)c(-c3nnnn3-c3ccc(OCCN(C)C)c(F)c3F)c2)c1C. The van der Waals surface area contributed by atoms with E-state index in [0.717, 1.165) is 26.9 Å². The van der Waals surface area contributed by atoms with Gasteiger partial charge in [0.25, 0.3) is 0 Å². The standard InChI is InChI=1S/C24H25F2N7O/c1-14-6-5-7-17(15(14)2)16-12-18(23(27)28-13-16)24-29-30-31-33(24)19-8-9-20(22(26)21(19)25)34-11-10-32(3)4/h5-9,12-13H,10-11H2,1-4H3,(H2,27,28). The normalized spacial score (nSPS) is 11.3. The van der Waals surface area contributed by atoms with E-state index in [-0.39, 0.29) is 29.7 Å². The molecule has 4 aromatic rings. The highest BCUT2D eigenvalue weighted by atomic mass is 19.2. The maximum atomic E-state index is 15.0. The first-order valence-electron chi connectivity index (χ1n) is 10.6.